The summed E-state index contributed by atoms with van der Waals surface area (Å²) in [5, 5.41) is 3.81. The zero-order chi connectivity index (χ0) is 26.7. The largest absolute Gasteiger partial charge is 0.373 e. The van der Waals surface area contributed by atoms with Crippen LogP contribution in [-0.2, 0) is 27.2 Å². The maximum Gasteiger partial charge on any atom is 0.258 e. The van der Waals surface area contributed by atoms with Crippen molar-refractivity contribution >= 4 is 45.2 Å². The Morgan fingerprint density at radius 1 is 1.19 bits per heavy atom. The molecular formula is C25H31FN4O4P2S. The lowest BCUT2D eigenvalue weighted by Gasteiger charge is -2.29. The van der Waals surface area contributed by atoms with Crippen molar-refractivity contribution < 1.29 is 17.5 Å². The lowest BCUT2D eigenvalue weighted by atomic mass is 9.90. The van der Waals surface area contributed by atoms with Crippen LogP contribution in [0.2, 0.25) is 0 Å². The highest BCUT2D eigenvalue weighted by atomic mass is 32.2. The fourth-order valence-corrected chi connectivity index (χ4v) is 8.76. The number of benzene rings is 1. The Morgan fingerprint density at radius 3 is 2.46 bits per heavy atom. The Labute approximate surface area is 220 Å². The lowest BCUT2D eigenvalue weighted by Crippen LogP contribution is -2.36. The SMILES string of the molecule is COC1(c2cc3c(N[C@H](C)c4cccc(C(P)P)c4F)ncnc3n(C)c2=O)CC2CS(=O)(=O)CC2C1. The number of halogens is 1. The van der Waals surface area contributed by atoms with Gasteiger partial charge in [0.1, 0.15) is 23.6 Å². The van der Waals surface area contributed by atoms with Gasteiger partial charge in [-0.15, -0.1) is 18.5 Å². The van der Waals surface area contributed by atoms with Gasteiger partial charge < -0.3 is 10.1 Å². The molecule has 3 heterocycles. The van der Waals surface area contributed by atoms with Crippen molar-refractivity contribution in [1.82, 2.24) is 14.5 Å². The summed E-state index contributed by atoms with van der Waals surface area (Å²) in [7, 11) is 5.33. The van der Waals surface area contributed by atoms with Gasteiger partial charge in [-0.2, -0.15) is 0 Å². The molecular weight excluding hydrogens is 533 g/mol. The van der Waals surface area contributed by atoms with Gasteiger partial charge in [-0.05, 0) is 43.2 Å². The predicted octanol–water partition coefficient (Wildman–Crippen LogP) is 3.69. The number of anilines is 1. The molecule has 1 saturated carbocycles. The van der Waals surface area contributed by atoms with Gasteiger partial charge in [0.05, 0.1) is 34.1 Å². The molecule has 1 aromatic carbocycles. The van der Waals surface area contributed by atoms with Crippen LogP contribution in [0.5, 0.6) is 0 Å². The fraction of sp³-hybridized carbons (Fsp3) is 0.480. The van der Waals surface area contributed by atoms with E-state index in [1.807, 2.05) is 13.0 Å². The Morgan fingerprint density at radius 2 is 1.84 bits per heavy atom. The van der Waals surface area contributed by atoms with Crippen LogP contribution in [0.15, 0.2) is 35.4 Å². The van der Waals surface area contributed by atoms with Gasteiger partial charge in [-0.25, -0.2) is 22.8 Å². The third kappa shape index (κ3) is 4.60. The van der Waals surface area contributed by atoms with Gasteiger partial charge in [-0.1, -0.05) is 18.2 Å². The van der Waals surface area contributed by atoms with Crippen molar-refractivity contribution in [2.45, 2.75) is 36.8 Å². The summed E-state index contributed by atoms with van der Waals surface area (Å²) in [6.45, 7) is 1.86. The Balaban J connectivity index is 1.57. The van der Waals surface area contributed by atoms with Crippen LogP contribution < -0.4 is 10.9 Å². The summed E-state index contributed by atoms with van der Waals surface area (Å²) in [5.74, 6) is 0.365. The van der Waals surface area contributed by atoms with Crippen molar-refractivity contribution in [1.29, 1.82) is 0 Å². The Kier molecular flexibility index (Phi) is 6.93. The van der Waals surface area contributed by atoms with E-state index in [9.17, 15) is 13.2 Å². The minimum absolute atomic E-state index is 0.0393. The number of nitrogens with one attached hydrogen (secondary N) is 1. The van der Waals surface area contributed by atoms with Gasteiger partial charge in [0.25, 0.3) is 5.56 Å². The number of sulfone groups is 1. The van der Waals surface area contributed by atoms with E-state index in [0.29, 0.717) is 46.4 Å². The number of rotatable bonds is 6. The van der Waals surface area contributed by atoms with Crippen LogP contribution in [0.4, 0.5) is 10.2 Å². The fourth-order valence-electron chi connectivity index (χ4n) is 6.02. The Hall–Kier alpha value is -1.99. The number of ether oxygens (including phenoxy) is 1. The van der Waals surface area contributed by atoms with Crippen molar-refractivity contribution in [2.24, 2.45) is 18.9 Å². The number of nitrogens with zero attached hydrogens (tertiary/aromatic N) is 3. The smallest absolute Gasteiger partial charge is 0.258 e. The normalized spacial score (nSPS) is 25.5. The van der Waals surface area contributed by atoms with Crippen LogP contribution in [0, 0.1) is 17.7 Å². The molecule has 2 aliphatic rings. The molecule has 8 nitrogen and oxygen atoms in total. The molecule has 0 spiro atoms. The summed E-state index contributed by atoms with van der Waals surface area (Å²) in [4.78, 5) is 22.3. The Bertz CT molecular complexity index is 1530. The topological polar surface area (TPSA) is 103 Å². The number of fused-ring (bicyclic) bond motifs is 2. The quantitative estimate of drug-likeness (QED) is 0.456. The molecule has 0 radical (unpaired) electrons. The van der Waals surface area contributed by atoms with Crippen molar-refractivity contribution in [3.8, 4) is 0 Å². The predicted molar refractivity (Wildman–Crippen MR) is 149 cm³/mol. The molecule has 0 amide bonds. The molecule has 1 aliphatic heterocycles. The van der Waals surface area contributed by atoms with Gasteiger partial charge >= 0.3 is 0 Å². The van der Waals surface area contributed by atoms with E-state index in [1.54, 1.807) is 32.4 Å². The molecule has 0 bridgehead atoms. The molecule has 198 valence electrons. The third-order valence-corrected chi connectivity index (χ3v) is 10.5. The van der Waals surface area contributed by atoms with Gasteiger partial charge in [0.15, 0.2) is 9.84 Å². The summed E-state index contributed by atoms with van der Waals surface area (Å²) in [6.07, 6.45) is 2.30. The number of hydrogen-bond donors (Lipinski definition) is 1. The zero-order valence-electron chi connectivity index (χ0n) is 20.9. The molecule has 2 aromatic heterocycles. The second-order valence-corrected chi connectivity index (χ2v) is 14.6. The minimum Gasteiger partial charge on any atom is -0.373 e. The number of pyridine rings is 1. The first-order valence-corrected chi connectivity index (χ1v) is 15.3. The highest BCUT2D eigenvalue weighted by molar-refractivity contribution is 7.91. The molecule has 1 aliphatic carbocycles. The van der Waals surface area contributed by atoms with E-state index in [4.69, 9.17) is 4.74 Å². The first-order chi connectivity index (χ1) is 17.5. The number of methoxy groups -OCH3 is 1. The first kappa shape index (κ1) is 26.6. The molecule has 12 heteroatoms. The summed E-state index contributed by atoms with van der Waals surface area (Å²) < 4.78 is 47.0. The number of aromatic nitrogens is 3. The van der Waals surface area contributed by atoms with Crippen LogP contribution in [0.1, 0.15) is 47.9 Å². The van der Waals surface area contributed by atoms with Crippen LogP contribution >= 0.6 is 18.5 Å². The van der Waals surface area contributed by atoms with E-state index in [-0.39, 0.29) is 40.1 Å². The molecule has 5 rings (SSSR count). The van der Waals surface area contributed by atoms with Crippen molar-refractivity contribution in [2.75, 3.05) is 23.9 Å². The average Bonchev–Trinajstić information content (AvgIpc) is 3.32. The van der Waals surface area contributed by atoms with Crippen molar-refractivity contribution in [3.63, 3.8) is 0 Å². The first-order valence-electron chi connectivity index (χ1n) is 12.1. The standard InChI is InChI=1S/C25H31FN4O4P2S/c1-13(16-5-4-6-17(20(16)26)24(35)36)29-21-18-7-19(23(31)30(2)22(18)28-12-27-21)25(34-3)8-14-10-37(32,33)11-15(14)9-25/h4-7,12-15,24H,8-11,35-36H2,1-3H3,(H,27,28,29)/t13-,14?,15?,25?/m1/s1. The van der Waals surface area contributed by atoms with Gasteiger partial charge in [0.2, 0.25) is 0 Å². The summed E-state index contributed by atoms with van der Waals surface area (Å²) in [5.41, 5.74) is 0.858. The molecule has 37 heavy (non-hydrogen) atoms. The van der Waals surface area contributed by atoms with E-state index in [2.05, 4.69) is 33.8 Å². The second-order valence-electron chi connectivity index (χ2n) is 10.2. The monoisotopic (exact) mass is 564 g/mol. The summed E-state index contributed by atoms with van der Waals surface area (Å²) in [6, 6.07) is 6.67. The molecule has 3 aromatic rings. The van der Waals surface area contributed by atoms with E-state index in [1.165, 1.54) is 10.9 Å². The molecule has 1 saturated heterocycles. The van der Waals surface area contributed by atoms with E-state index >= 15 is 4.39 Å². The molecule has 2 fully saturated rings. The second kappa shape index (κ2) is 9.64. The summed E-state index contributed by atoms with van der Waals surface area (Å²) >= 11 is 0. The van der Waals surface area contributed by atoms with E-state index in [0.717, 1.165) is 0 Å². The number of hydrogen-bond acceptors (Lipinski definition) is 7. The zero-order valence-corrected chi connectivity index (χ0v) is 24.1. The van der Waals surface area contributed by atoms with Crippen LogP contribution in [-0.4, -0.2) is 41.6 Å². The van der Waals surface area contributed by atoms with Crippen molar-refractivity contribution in [3.05, 3.63) is 63.5 Å². The maximum absolute atomic E-state index is 15.2. The average molecular weight is 565 g/mol. The van der Waals surface area contributed by atoms with E-state index < -0.39 is 21.5 Å². The van der Waals surface area contributed by atoms with Gasteiger partial charge in [0, 0.05) is 25.1 Å². The highest BCUT2D eigenvalue weighted by Gasteiger charge is 2.53. The lowest BCUT2D eigenvalue weighted by molar-refractivity contribution is -0.0150. The van der Waals surface area contributed by atoms with Crippen LogP contribution in [0.3, 0.4) is 0 Å². The van der Waals surface area contributed by atoms with Gasteiger partial charge in [-0.3, -0.25) is 9.36 Å². The molecule has 4 unspecified atom stereocenters. The van der Waals surface area contributed by atoms with Crippen LogP contribution in [0.25, 0.3) is 11.0 Å². The highest BCUT2D eigenvalue weighted by Crippen LogP contribution is 2.51. The third-order valence-electron chi connectivity index (χ3n) is 7.91. The minimum atomic E-state index is -3.06. The molecule has 5 atom stereocenters. The maximum atomic E-state index is 15.2. The molecule has 1 N–H and O–H groups in total. The number of aryl methyl sites for hydroxylation is 1.